The summed E-state index contributed by atoms with van der Waals surface area (Å²) in [6, 6.07) is -1.03. The number of aliphatic hydroxyl groups is 2. The highest BCUT2D eigenvalue weighted by Gasteiger charge is 2.68. The molecule has 2 aliphatic carbocycles. The lowest BCUT2D eigenvalue weighted by atomic mass is 9.61. The summed E-state index contributed by atoms with van der Waals surface area (Å²) in [6.07, 6.45) is -3.69. The molecular formula is C40H63NO13. The van der Waals surface area contributed by atoms with Crippen LogP contribution in [0, 0.1) is 22.7 Å². The van der Waals surface area contributed by atoms with Crippen LogP contribution in [0.25, 0.3) is 0 Å². The van der Waals surface area contributed by atoms with Gasteiger partial charge in [-0.05, 0) is 83.9 Å². The van der Waals surface area contributed by atoms with E-state index < -0.39 is 94.8 Å². The van der Waals surface area contributed by atoms with Crippen molar-refractivity contribution in [2.75, 3.05) is 13.2 Å². The van der Waals surface area contributed by atoms with Crippen molar-refractivity contribution in [1.82, 2.24) is 5.32 Å². The van der Waals surface area contributed by atoms with Crippen molar-refractivity contribution >= 4 is 24.0 Å². The first-order chi connectivity index (χ1) is 24.9. The molecule has 0 aromatic heterocycles. The molecule has 0 radical (unpaired) electrons. The third-order valence-electron chi connectivity index (χ3n) is 11.6. The molecule has 4 rings (SSSR count). The van der Waals surface area contributed by atoms with Gasteiger partial charge in [0.2, 0.25) is 0 Å². The number of carbonyl (C=O) groups excluding carboxylic acids is 4. The van der Waals surface area contributed by atoms with Crippen LogP contribution in [0.15, 0.2) is 23.8 Å². The highest BCUT2D eigenvalue weighted by molar-refractivity contribution is 5.77. The van der Waals surface area contributed by atoms with Gasteiger partial charge in [0.15, 0.2) is 18.5 Å². The van der Waals surface area contributed by atoms with E-state index >= 15 is 0 Å². The van der Waals surface area contributed by atoms with Crippen LogP contribution < -0.4 is 5.32 Å². The lowest BCUT2D eigenvalue weighted by Gasteiger charge is -2.54. The van der Waals surface area contributed by atoms with E-state index in [1.54, 1.807) is 41.5 Å². The van der Waals surface area contributed by atoms with Crippen molar-refractivity contribution in [1.29, 1.82) is 0 Å². The maximum Gasteiger partial charge on any atom is 0.407 e. The monoisotopic (exact) mass is 765 g/mol. The van der Waals surface area contributed by atoms with Crippen LogP contribution in [0.4, 0.5) is 4.79 Å². The van der Waals surface area contributed by atoms with Crippen molar-refractivity contribution < 1.29 is 62.5 Å². The summed E-state index contributed by atoms with van der Waals surface area (Å²) in [5.41, 5.74) is -3.49. The summed E-state index contributed by atoms with van der Waals surface area (Å²) in [6.45, 7) is 23.0. The fourth-order valence-electron chi connectivity index (χ4n) is 8.77. The smallest absolute Gasteiger partial charge is 0.407 e. The van der Waals surface area contributed by atoms with Crippen molar-refractivity contribution in [3.8, 4) is 0 Å². The lowest BCUT2D eigenvalue weighted by molar-refractivity contribution is -0.314. The van der Waals surface area contributed by atoms with Crippen LogP contribution >= 0.6 is 0 Å². The number of alkyl carbamates (subject to hydrolysis) is 1. The van der Waals surface area contributed by atoms with Crippen LogP contribution in [-0.4, -0.2) is 108 Å². The second-order valence-electron chi connectivity index (χ2n) is 17.6. The summed E-state index contributed by atoms with van der Waals surface area (Å²) in [5.74, 6) is -2.63. The number of fused-ring (bicyclic) bond motifs is 2. The molecule has 306 valence electrons. The van der Waals surface area contributed by atoms with Gasteiger partial charge < -0.3 is 48.7 Å². The summed E-state index contributed by atoms with van der Waals surface area (Å²) in [5, 5.41) is 26.3. The van der Waals surface area contributed by atoms with E-state index in [1.165, 1.54) is 19.9 Å². The van der Waals surface area contributed by atoms with Crippen molar-refractivity contribution in [3.05, 3.63) is 23.8 Å². The van der Waals surface area contributed by atoms with Crippen LogP contribution in [0.3, 0.4) is 0 Å². The minimum atomic E-state index is -1.76. The molecule has 0 aromatic carbocycles. The number of ether oxygens (including phenoxy) is 7. The Kier molecular flexibility index (Phi) is 13.4. The standard InChI is InChI=1S/C40H63NO13/c1-13-30-52-29(17-26-14-15-48-26)39(12)25(20-49-23(5)42)18-40(38(10,11)47)19-28(22(4)31(40)33(34(39)53-30)50-24(6)43)51-35(45)32(44)27(16-21(2)3)41-36(46)54-37(7,8)9/h13,21,25-30,32-34,44,47H,1,14-20H2,2-12H3,(H,41,46)/t25-,26+,27?,28+,29+,30-,32-,33+,34+,39+,40+/m1/s1. The molecule has 54 heavy (non-hydrogen) atoms. The average molecular weight is 766 g/mol. The number of aliphatic hydroxyl groups excluding tert-OH is 1. The number of hydrogen-bond donors (Lipinski definition) is 3. The fourth-order valence-corrected chi connectivity index (χ4v) is 8.77. The predicted molar refractivity (Wildman–Crippen MR) is 196 cm³/mol. The maximum atomic E-state index is 13.8. The number of rotatable bonds is 13. The molecule has 3 fully saturated rings. The number of nitrogens with one attached hydrogen (secondary N) is 1. The van der Waals surface area contributed by atoms with E-state index in [9.17, 15) is 29.4 Å². The molecule has 2 heterocycles. The van der Waals surface area contributed by atoms with Crippen LogP contribution in [0.5, 0.6) is 0 Å². The van der Waals surface area contributed by atoms with Crippen LogP contribution in [0.1, 0.15) is 108 Å². The normalized spacial score (nSPS) is 33.6. The van der Waals surface area contributed by atoms with Gasteiger partial charge in [0.05, 0.1) is 30.5 Å². The van der Waals surface area contributed by atoms with E-state index in [4.69, 9.17) is 33.2 Å². The number of carbonyl (C=O) groups is 4. The summed E-state index contributed by atoms with van der Waals surface area (Å²) in [7, 11) is 0. The summed E-state index contributed by atoms with van der Waals surface area (Å²) >= 11 is 0. The molecule has 14 heteroatoms. The SMILES string of the molecule is C=C[C@@H]1O[C@@H](C[C@@H]2CCO2)[C@]2(C)[C@@H](COC(C)=O)C[C@]3(C(C)(C)O)C[C@H](OC(=O)[C@H](O)C(CC(C)C)NC(=O)OC(C)(C)C)C(C)=C3[C@H](OC(C)=O)[C@@H]2O1. The first-order valence-corrected chi connectivity index (χ1v) is 19.1. The fraction of sp³-hybridized carbons (Fsp3) is 0.800. The van der Waals surface area contributed by atoms with Gasteiger partial charge in [0.1, 0.15) is 17.8 Å². The molecule has 3 N–H and O–H groups in total. The van der Waals surface area contributed by atoms with Crippen LogP contribution in [-0.2, 0) is 47.5 Å². The number of amides is 1. The van der Waals surface area contributed by atoms with Gasteiger partial charge >= 0.3 is 24.0 Å². The van der Waals surface area contributed by atoms with Crippen molar-refractivity contribution in [2.24, 2.45) is 22.7 Å². The van der Waals surface area contributed by atoms with Crippen molar-refractivity contribution in [2.45, 2.75) is 168 Å². The zero-order valence-electron chi connectivity index (χ0n) is 33.9. The Hall–Kier alpha value is -3.04. The lowest BCUT2D eigenvalue weighted by Crippen LogP contribution is -2.62. The molecule has 1 amide bonds. The zero-order chi connectivity index (χ0) is 40.6. The first kappa shape index (κ1) is 43.7. The van der Waals surface area contributed by atoms with Crippen LogP contribution in [0.2, 0.25) is 0 Å². The summed E-state index contributed by atoms with van der Waals surface area (Å²) < 4.78 is 42.4. The minimum Gasteiger partial charge on any atom is -0.466 e. The molecule has 14 nitrogen and oxygen atoms in total. The van der Waals surface area contributed by atoms with Gasteiger partial charge in [0, 0.05) is 50.0 Å². The second-order valence-corrected chi connectivity index (χ2v) is 17.6. The van der Waals surface area contributed by atoms with Gasteiger partial charge in [-0.15, -0.1) is 0 Å². The Bertz CT molecular complexity index is 1440. The highest BCUT2D eigenvalue weighted by Crippen LogP contribution is 2.64. The Morgan fingerprint density at radius 3 is 2.20 bits per heavy atom. The van der Waals surface area contributed by atoms with Crippen molar-refractivity contribution in [3.63, 3.8) is 0 Å². The predicted octanol–water partition coefficient (Wildman–Crippen LogP) is 4.67. The molecule has 0 aromatic rings. The first-order valence-electron chi connectivity index (χ1n) is 19.1. The Balaban J connectivity index is 1.83. The Labute approximate surface area is 319 Å². The maximum absolute atomic E-state index is 13.8. The molecular weight excluding hydrogens is 702 g/mol. The number of hydrogen-bond acceptors (Lipinski definition) is 13. The Morgan fingerprint density at radius 2 is 1.70 bits per heavy atom. The molecule has 4 aliphatic rings. The third kappa shape index (κ3) is 9.31. The van der Waals surface area contributed by atoms with E-state index in [0.29, 0.717) is 24.2 Å². The number of esters is 3. The van der Waals surface area contributed by atoms with E-state index in [2.05, 4.69) is 11.9 Å². The molecule has 2 aliphatic heterocycles. The second kappa shape index (κ2) is 16.6. The third-order valence-corrected chi connectivity index (χ3v) is 11.6. The molecule has 1 saturated carbocycles. The molecule has 1 unspecified atom stereocenters. The van der Waals surface area contributed by atoms with Gasteiger partial charge in [-0.1, -0.05) is 27.4 Å². The highest BCUT2D eigenvalue weighted by atomic mass is 16.7. The van der Waals surface area contributed by atoms with E-state index in [0.717, 1.165) is 6.42 Å². The van der Waals surface area contributed by atoms with Gasteiger partial charge in [0.25, 0.3) is 0 Å². The largest absolute Gasteiger partial charge is 0.466 e. The quantitative estimate of drug-likeness (QED) is 0.134. The minimum absolute atomic E-state index is 0.0145. The van der Waals surface area contributed by atoms with Gasteiger partial charge in [-0.3, -0.25) is 9.59 Å². The zero-order valence-corrected chi connectivity index (χ0v) is 33.9. The summed E-state index contributed by atoms with van der Waals surface area (Å²) in [4.78, 5) is 52.0. The van der Waals surface area contributed by atoms with E-state index in [1.807, 2.05) is 20.8 Å². The van der Waals surface area contributed by atoms with E-state index in [-0.39, 0.29) is 37.9 Å². The molecule has 0 spiro atoms. The van der Waals surface area contributed by atoms with Gasteiger partial charge in [-0.2, -0.15) is 0 Å². The Morgan fingerprint density at radius 1 is 1.06 bits per heavy atom. The topological polar surface area (TPSA) is 185 Å². The molecule has 2 saturated heterocycles. The van der Waals surface area contributed by atoms with Gasteiger partial charge in [-0.25, -0.2) is 9.59 Å². The average Bonchev–Trinajstić information content (AvgIpc) is 3.24. The molecule has 11 atom stereocenters. The molecule has 0 bridgehead atoms.